The molecule has 0 bridgehead atoms. The van der Waals surface area contributed by atoms with Gasteiger partial charge in [-0.05, 0) is 24.9 Å². The van der Waals surface area contributed by atoms with Gasteiger partial charge in [-0.1, -0.05) is 6.42 Å². The van der Waals surface area contributed by atoms with E-state index < -0.39 is 18.0 Å². The van der Waals surface area contributed by atoms with Crippen LogP contribution in [0, 0.1) is 0 Å². The third kappa shape index (κ3) is 7.60. The average molecular weight is 314 g/mol. The van der Waals surface area contributed by atoms with Gasteiger partial charge in [0.1, 0.15) is 6.04 Å². The fourth-order valence-electron chi connectivity index (χ4n) is 1.78. The molecule has 1 rings (SSSR count). The molecule has 4 N–H and O–H groups in total. The van der Waals surface area contributed by atoms with Crippen molar-refractivity contribution in [2.24, 2.45) is 0 Å². The minimum atomic E-state index is -1.07. The number of aromatic nitrogens is 2. The molecule has 1 atom stereocenters. The Balaban J connectivity index is 2.24. The van der Waals surface area contributed by atoms with Crippen molar-refractivity contribution in [3.8, 4) is 0 Å². The Hall–Kier alpha value is -1.70. The second-order valence-electron chi connectivity index (χ2n) is 4.63. The number of carboxylic acid groups (broad SMARTS) is 1. The van der Waals surface area contributed by atoms with Crippen LogP contribution in [0.5, 0.6) is 0 Å². The van der Waals surface area contributed by atoms with Gasteiger partial charge in [-0.15, -0.1) is 0 Å². The van der Waals surface area contributed by atoms with E-state index in [2.05, 4.69) is 26.9 Å². The number of unbranched alkanes of at least 4 members (excludes halogenated alkanes) is 2. The zero-order chi connectivity index (χ0) is 15.5. The van der Waals surface area contributed by atoms with Gasteiger partial charge in [-0.2, -0.15) is 11.8 Å². The van der Waals surface area contributed by atoms with Crippen LogP contribution in [0.3, 0.4) is 0 Å². The topological polar surface area (TPSA) is 107 Å². The third-order valence-electron chi connectivity index (χ3n) is 2.89. The molecule has 0 aliphatic heterocycles. The molecule has 2 amide bonds. The van der Waals surface area contributed by atoms with E-state index in [-0.39, 0.29) is 6.42 Å². The molecular formula is C13H22N4O3S. The number of hydrogen-bond donors (Lipinski definition) is 4. The summed E-state index contributed by atoms with van der Waals surface area (Å²) < 4.78 is 0. The number of carbonyl (C=O) groups excluding carboxylic acids is 1. The number of carbonyl (C=O) groups is 2. The Bertz CT molecular complexity index is 425. The number of thioether (sulfide) groups is 1. The van der Waals surface area contributed by atoms with Gasteiger partial charge < -0.3 is 20.7 Å². The zero-order valence-corrected chi connectivity index (χ0v) is 12.9. The number of urea groups is 1. The normalized spacial score (nSPS) is 11.9. The summed E-state index contributed by atoms with van der Waals surface area (Å²) in [6.45, 7) is 0.552. The molecule has 0 aliphatic carbocycles. The van der Waals surface area contributed by atoms with Crippen LogP contribution in [0.15, 0.2) is 12.5 Å². The second kappa shape index (κ2) is 10.1. The average Bonchev–Trinajstić information content (AvgIpc) is 2.95. The maximum atomic E-state index is 11.7. The number of H-pyrrole nitrogens is 1. The highest BCUT2D eigenvalue weighted by Crippen LogP contribution is 2.01. The number of amides is 2. The number of carboxylic acids is 1. The molecule has 0 fully saturated rings. The predicted octanol–water partition coefficient (Wildman–Crippen LogP) is 1.24. The van der Waals surface area contributed by atoms with Gasteiger partial charge >= 0.3 is 12.0 Å². The van der Waals surface area contributed by atoms with Crippen molar-refractivity contribution in [3.05, 3.63) is 18.2 Å². The van der Waals surface area contributed by atoms with Gasteiger partial charge in [0.2, 0.25) is 0 Å². The van der Waals surface area contributed by atoms with Crippen LogP contribution in [0.1, 0.15) is 25.0 Å². The Morgan fingerprint density at radius 2 is 2.24 bits per heavy atom. The SMILES string of the molecule is CSCCCCCNC(=O)NC(Cc1cnc[nH]1)C(=O)O. The largest absolute Gasteiger partial charge is 0.480 e. The number of aliphatic carboxylic acids is 1. The van der Waals surface area contributed by atoms with E-state index in [1.165, 1.54) is 6.33 Å². The van der Waals surface area contributed by atoms with Gasteiger partial charge in [0.15, 0.2) is 0 Å². The van der Waals surface area contributed by atoms with Crippen LogP contribution < -0.4 is 10.6 Å². The maximum Gasteiger partial charge on any atom is 0.326 e. The van der Waals surface area contributed by atoms with E-state index in [0.29, 0.717) is 12.2 Å². The maximum absolute atomic E-state index is 11.7. The summed E-state index contributed by atoms with van der Waals surface area (Å²) in [4.78, 5) is 29.4. The number of hydrogen-bond acceptors (Lipinski definition) is 4. The highest BCUT2D eigenvalue weighted by molar-refractivity contribution is 7.98. The van der Waals surface area contributed by atoms with Crippen LogP contribution in [-0.2, 0) is 11.2 Å². The van der Waals surface area contributed by atoms with E-state index in [4.69, 9.17) is 5.11 Å². The molecule has 0 spiro atoms. The Morgan fingerprint density at radius 3 is 2.86 bits per heavy atom. The van der Waals surface area contributed by atoms with Gasteiger partial charge in [-0.3, -0.25) is 0 Å². The van der Waals surface area contributed by atoms with Gasteiger partial charge in [-0.25, -0.2) is 14.6 Å². The molecule has 1 unspecified atom stereocenters. The number of rotatable bonds is 10. The quantitative estimate of drug-likeness (QED) is 0.486. The van der Waals surface area contributed by atoms with E-state index >= 15 is 0 Å². The number of imidazole rings is 1. The Morgan fingerprint density at radius 1 is 1.43 bits per heavy atom. The van der Waals surface area contributed by atoms with Crippen molar-refractivity contribution in [1.82, 2.24) is 20.6 Å². The first-order chi connectivity index (χ1) is 10.1. The molecule has 0 saturated heterocycles. The highest BCUT2D eigenvalue weighted by atomic mass is 32.2. The van der Waals surface area contributed by atoms with Crippen LogP contribution >= 0.6 is 11.8 Å². The number of nitrogens with one attached hydrogen (secondary N) is 3. The molecule has 118 valence electrons. The Labute approximate surface area is 128 Å². The lowest BCUT2D eigenvalue weighted by Gasteiger charge is -2.14. The molecule has 1 heterocycles. The lowest BCUT2D eigenvalue weighted by Crippen LogP contribution is -2.47. The molecule has 0 aromatic carbocycles. The van der Waals surface area contributed by atoms with Crippen LogP contribution in [0.4, 0.5) is 4.79 Å². The lowest BCUT2D eigenvalue weighted by atomic mass is 10.2. The molecule has 1 aromatic heterocycles. The molecule has 1 aromatic rings. The third-order valence-corrected chi connectivity index (χ3v) is 3.59. The highest BCUT2D eigenvalue weighted by Gasteiger charge is 2.20. The minimum absolute atomic E-state index is 0.177. The second-order valence-corrected chi connectivity index (χ2v) is 5.61. The van der Waals surface area contributed by atoms with E-state index in [0.717, 1.165) is 25.0 Å². The van der Waals surface area contributed by atoms with Crippen molar-refractivity contribution in [2.45, 2.75) is 31.7 Å². The standard InChI is InChI=1S/C13H22N4O3S/c1-21-6-4-2-3-5-15-13(20)17-11(12(18)19)7-10-8-14-9-16-10/h8-9,11H,2-7H2,1H3,(H,14,16)(H,18,19)(H2,15,17,20). The van der Waals surface area contributed by atoms with Crippen molar-refractivity contribution in [1.29, 1.82) is 0 Å². The minimum Gasteiger partial charge on any atom is -0.480 e. The van der Waals surface area contributed by atoms with Gasteiger partial charge in [0, 0.05) is 24.9 Å². The molecule has 21 heavy (non-hydrogen) atoms. The monoisotopic (exact) mass is 314 g/mol. The van der Waals surface area contributed by atoms with Crippen LogP contribution in [-0.4, -0.2) is 51.7 Å². The summed E-state index contributed by atoms with van der Waals surface area (Å²) in [5.41, 5.74) is 0.666. The summed E-state index contributed by atoms with van der Waals surface area (Å²) in [5, 5.41) is 14.2. The number of aromatic amines is 1. The molecule has 8 heteroatoms. The van der Waals surface area contributed by atoms with Crippen LogP contribution in [0.2, 0.25) is 0 Å². The fourth-order valence-corrected chi connectivity index (χ4v) is 2.27. The zero-order valence-electron chi connectivity index (χ0n) is 12.1. The predicted molar refractivity (Wildman–Crippen MR) is 82.5 cm³/mol. The van der Waals surface area contributed by atoms with Crippen molar-refractivity contribution in [3.63, 3.8) is 0 Å². The fraction of sp³-hybridized carbons (Fsp3) is 0.615. The van der Waals surface area contributed by atoms with Gasteiger partial charge in [0.05, 0.1) is 6.33 Å². The summed E-state index contributed by atoms with van der Waals surface area (Å²) >= 11 is 1.81. The van der Waals surface area contributed by atoms with E-state index in [1.54, 1.807) is 18.0 Å². The molecule has 0 radical (unpaired) electrons. The van der Waals surface area contributed by atoms with Crippen LogP contribution in [0.25, 0.3) is 0 Å². The summed E-state index contributed by atoms with van der Waals surface area (Å²) in [7, 11) is 0. The van der Waals surface area contributed by atoms with Crippen molar-refractivity contribution >= 4 is 23.8 Å². The molecule has 0 saturated carbocycles. The van der Waals surface area contributed by atoms with Crippen molar-refractivity contribution < 1.29 is 14.7 Å². The summed E-state index contributed by atoms with van der Waals surface area (Å²) in [6, 6.07) is -1.42. The first kappa shape index (κ1) is 17.4. The number of nitrogens with zero attached hydrogens (tertiary/aromatic N) is 1. The van der Waals surface area contributed by atoms with Gasteiger partial charge in [0.25, 0.3) is 0 Å². The van der Waals surface area contributed by atoms with Crippen molar-refractivity contribution in [2.75, 3.05) is 18.6 Å². The first-order valence-corrected chi connectivity index (χ1v) is 8.26. The molecule has 7 nitrogen and oxygen atoms in total. The molecular weight excluding hydrogens is 292 g/mol. The summed E-state index contributed by atoms with van der Waals surface area (Å²) in [6.07, 6.45) is 8.34. The Kier molecular flexibility index (Phi) is 8.34. The van der Waals surface area contributed by atoms with E-state index in [9.17, 15) is 9.59 Å². The van der Waals surface area contributed by atoms with E-state index in [1.807, 2.05) is 0 Å². The smallest absolute Gasteiger partial charge is 0.326 e. The lowest BCUT2D eigenvalue weighted by molar-refractivity contribution is -0.139. The molecule has 0 aliphatic rings. The summed E-state index contributed by atoms with van der Waals surface area (Å²) in [5.74, 6) is 0.0528. The first-order valence-electron chi connectivity index (χ1n) is 6.87.